The van der Waals surface area contributed by atoms with E-state index >= 15 is 0 Å². The summed E-state index contributed by atoms with van der Waals surface area (Å²) in [5.41, 5.74) is 0.821. The number of Topliss-reactive ketones (excluding diaryl/α,β-unsaturated/α-hetero) is 1. The first kappa shape index (κ1) is 10.4. The number of ketones is 1. The minimum atomic E-state index is 0.145. The lowest BCUT2D eigenvalue weighted by Gasteiger charge is -2.23. The van der Waals surface area contributed by atoms with Crippen LogP contribution in [-0.4, -0.2) is 23.6 Å². The van der Waals surface area contributed by atoms with Crippen LogP contribution >= 0.6 is 0 Å². The summed E-state index contributed by atoms with van der Waals surface area (Å²) < 4.78 is 7.39. The molecular weight excluding hydrogens is 190 g/mol. The van der Waals surface area contributed by atoms with Gasteiger partial charge in [-0.3, -0.25) is 4.79 Å². The molecule has 15 heavy (non-hydrogen) atoms. The summed E-state index contributed by atoms with van der Waals surface area (Å²) in [5.74, 6) is 0.802. The monoisotopic (exact) mass is 207 g/mol. The number of hydrogen-bond acceptors (Lipinski definition) is 2. The maximum atomic E-state index is 11.3. The summed E-state index contributed by atoms with van der Waals surface area (Å²) >= 11 is 0. The molecule has 1 aliphatic heterocycles. The fourth-order valence-corrected chi connectivity index (χ4v) is 2.10. The Balaban J connectivity index is 2.03. The molecule has 0 aromatic carbocycles. The third-order valence-corrected chi connectivity index (χ3v) is 2.99. The fourth-order valence-electron chi connectivity index (χ4n) is 2.10. The second-order valence-corrected chi connectivity index (χ2v) is 4.16. The first-order chi connectivity index (χ1) is 7.27. The smallest absolute Gasteiger partial charge is 0.176 e. The fraction of sp³-hybridized carbons (Fsp3) is 0.583. The van der Waals surface area contributed by atoms with E-state index in [1.165, 1.54) is 0 Å². The standard InChI is InChI=1S/C12H17NO2/c1-10(14)12-3-2-6-13(12)9-11-4-7-15-8-5-11/h2-3,6,11H,4-5,7-9H2,1H3. The zero-order valence-corrected chi connectivity index (χ0v) is 9.11. The van der Waals surface area contributed by atoms with E-state index in [0.717, 1.165) is 38.3 Å². The highest BCUT2D eigenvalue weighted by Crippen LogP contribution is 2.18. The molecule has 2 rings (SSSR count). The average Bonchev–Trinajstić information content (AvgIpc) is 2.67. The quantitative estimate of drug-likeness (QED) is 0.711. The van der Waals surface area contributed by atoms with Crippen LogP contribution in [0.4, 0.5) is 0 Å². The van der Waals surface area contributed by atoms with Gasteiger partial charge in [0.2, 0.25) is 0 Å². The Kier molecular flexibility index (Phi) is 3.21. The van der Waals surface area contributed by atoms with E-state index in [1.807, 2.05) is 18.3 Å². The Morgan fingerprint density at radius 1 is 1.53 bits per heavy atom. The maximum Gasteiger partial charge on any atom is 0.176 e. The molecule has 2 heterocycles. The maximum absolute atomic E-state index is 11.3. The van der Waals surface area contributed by atoms with Crippen molar-refractivity contribution in [3.8, 4) is 0 Å². The van der Waals surface area contributed by atoms with Crippen molar-refractivity contribution >= 4 is 5.78 Å². The van der Waals surface area contributed by atoms with E-state index in [4.69, 9.17) is 4.74 Å². The van der Waals surface area contributed by atoms with Crippen molar-refractivity contribution < 1.29 is 9.53 Å². The summed E-state index contributed by atoms with van der Waals surface area (Å²) in [6.45, 7) is 4.30. The minimum absolute atomic E-state index is 0.145. The zero-order valence-electron chi connectivity index (χ0n) is 9.11. The molecule has 1 aliphatic rings. The molecule has 1 aromatic heterocycles. The van der Waals surface area contributed by atoms with E-state index in [1.54, 1.807) is 6.92 Å². The van der Waals surface area contributed by atoms with Crippen LogP contribution in [0.15, 0.2) is 18.3 Å². The van der Waals surface area contributed by atoms with Crippen LogP contribution < -0.4 is 0 Å². The predicted octanol–water partition coefficient (Wildman–Crippen LogP) is 2.12. The molecule has 1 aromatic rings. The third kappa shape index (κ3) is 2.48. The number of rotatable bonds is 3. The number of aromatic nitrogens is 1. The number of ether oxygens (including phenoxy) is 1. The molecule has 3 heteroatoms. The highest BCUT2D eigenvalue weighted by Gasteiger charge is 2.16. The van der Waals surface area contributed by atoms with Crippen LogP contribution in [0.5, 0.6) is 0 Å². The molecule has 0 N–H and O–H groups in total. The Hall–Kier alpha value is -1.09. The van der Waals surface area contributed by atoms with Gasteiger partial charge in [-0.05, 0) is 30.9 Å². The average molecular weight is 207 g/mol. The van der Waals surface area contributed by atoms with Crippen molar-refractivity contribution in [3.63, 3.8) is 0 Å². The highest BCUT2D eigenvalue weighted by atomic mass is 16.5. The van der Waals surface area contributed by atoms with Crippen LogP contribution in [-0.2, 0) is 11.3 Å². The van der Waals surface area contributed by atoms with Crippen molar-refractivity contribution in [2.24, 2.45) is 5.92 Å². The first-order valence-electron chi connectivity index (χ1n) is 5.51. The second kappa shape index (κ2) is 4.62. The molecule has 0 bridgehead atoms. The van der Waals surface area contributed by atoms with Crippen LogP contribution in [0.25, 0.3) is 0 Å². The number of hydrogen-bond donors (Lipinski definition) is 0. The Morgan fingerprint density at radius 3 is 2.93 bits per heavy atom. The summed E-state index contributed by atoms with van der Waals surface area (Å²) in [7, 11) is 0. The van der Waals surface area contributed by atoms with Crippen molar-refractivity contribution in [1.82, 2.24) is 4.57 Å². The second-order valence-electron chi connectivity index (χ2n) is 4.16. The van der Waals surface area contributed by atoms with E-state index < -0.39 is 0 Å². The van der Waals surface area contributed by atoms with Gasteiger partial charge in [-0.25, -0.2) is 0 Å². The van der Waals surface area contributed by atoms with Crippen LogP contribution in [0.3, 0.4) is 0 Å². The van der Waals surface area contributed by atoms with Gasteiger partial charge in [0.1, 0.15) is 0 Å². The number of carbonyl (C=O) groups is 1. The molecule has 1 fully saturated rings. The lowest BCUT2D eigenvalue weighted by molar-refractivity contribution is 0.0610. The van der Waals surface area contributed by atoms with Crippen LogP contribution in [0.1, 0.15) is 30.3 Å². The largest absolute Gasteiger partial charge is 0.381 e. The minimum Gasteiger partial charge on any atom is -0.381 e. The Labute approximate surface area is 90.0 Å². The van der Waals surface area contributed by atoms with E-state index in [-0.39, 0.29) is 5.78 Å². The van der Waals surface area contributed by atoms with Crippen LogP contribution in [0.2, 0.25) is 0 Å². The van der Waals surface area contributed by atoms with Crippen LogP contribution in [0, 0.1) is 5.92 Å². The highest BCUT2D eigenvalue weighted by molar-refractivity contribution is 5.92. The van der Waals surface area contributed by atoms with Gasteiger partial charge in [0.15, 0.2) is 5.78 Å². The SMILES string of the molecule is CC(=O)c1cccn1CC1CCOCC1. The summed E-state index contributed by atoms with van der Waals surface area (Å²) in [5, 5.41) is 0. The number of nitrogens with zero attached hydrogens (tertiary/aromatic N) is 1. The van der Waals surface area contributed by atoms with Gasteiger partial charge < -0.3 is 9.30 Å². The van der Waals surface area contributed by atoms with Crippen molar-refractivity contribution in [1.29, 1.82) is 0 Å². The Bertz CT molecular complexity index is 337. The van der Waals surface area contributed by atoms with E-state index in [0.29, 0.717) is 5.92 Å². The zero-order chi connectivity index (χ0) is 10.7. The Morgan fingerprint density at radius 2 is 2.27 bits per heavy atom. The molecule has 0 saturated carbocycles. The molecule has 0 atom stereocenters. The van der Waals surface area contributed by atoms with E-state index in [2.05, 4.69) is 4.57 Å². The topological polar surface area (TPSA) is 31.2 Å². The summed E-state index contributed by atoms with van der Waals surface area (Å²) in [6, 6.07) is 3.83. The normalized spacial score (nSPS) is 17.9. The van der Waals surface area contributed by atoms with Gasteiger partial charge in [-0.1, -0.05) is 0 Å². The lowest BCUT2D eigenvalue weighted by atomic mass is 10.0. The number of carbonyl (C=O) groups excluding carboxylic acids is 1. The molecule has 0 spiro atoms. The van der Waals surface area contributed by atoms with Crippen molar-refractivity contribution in [2.75, 3.05) is 13.2 Å². The molecule has 82 valence electrons. The molecule has 1 saturated heterocycles. The summed E-state index contributed by atoms with van der Waals surface area (Å²) in [4.78, 5) is 11.3. The van der Waals surface area contributed by atoms with Crippen molar-refractivity contribution in [2.45, 2.75) is 26.3 Å². The van der Waals surface area contributed by atoms with Gasteiger partial charge in [0.25, 0.3) is 0 Å². The first-order valence-corrected chi connectivity index (χ1v) is 5.51. The lowest BCUT2D eigenvalue weighted by Crippen LogP contribution is -2.21. The van der Waals surface area contributed by atoms with Gasteiger partial charge >= 0.3 is 0 Å². The molecule has 0 aliphatic carbocycles. The molecule has 0 unspecified atom stereocenters. The molecule has 3 nitrogen and oxygen atoms in total. The molecular formula is C12H17NO2. The van der Waals surface area contributed by atoms with Gasteiger partial charge in [-0.15, -0.1) is 0 Å². The third-order valence-electron chi connectivity index (χ3n) is 2.99. The molecule has 0 amide bonds. The van der Waals surface area contributed by atoms with Gasteiger partial charge in [0.05, 0.1) is 5.69 Å². The predicted molar refractivity (Wildman–Crippen MR) is 58.0 cm³/mol. The van der Waals surface area contributed by atoms with Gasteiger partial charge in [-0.2, -0.15) is 0 Å². The molecule has 0 radical (unpaired) electrons. The van der Waals surface area contributed by atoms with Gasteiger partial charge in [0, 0.05) is 32.9 Å². The van der Waals surface area contributed by atoms with E-state index in [9.17, 15) is 4.79 Å². The van der Waals surface area contributed by atoms with Crippen molar-refractivity contribution in [3.05, 3.63) is 24.0 Å². The summed E-state index contributed by atoms with van der Waals surface area (Å²) in [6.07, 6.45) is 4.21.